The van der Waals surface area contributed by atoms with Crippen LogP contribution in [0.2, 0.25) is 0 Å². The fourth-order valence-corrected chi connectivity index (χ4v) is 5.94. The van der Waals surface area contributed by atoms with E-state index in [0.29, 0.717) is 95.3 Å². The Labute approximate surface area is 245 Å². The molecule has 1 aliphatic heterocycles. The molecule has 13 heteroatoms. The topological polar surface area (TPSA) is 162 Å². The van der Waals surface area contributed by atoms with Crippen LogP contribution in [-0.2, 0) is 19.2 Å². The lowest BCUT2D eigenvalue weighted by Gasteiger charge is -2.39. The summed E-state index contributed by atoms with van der Waals surface area (Å²) in [6, 6.07) is -3.09. The molecule has 4 atom stereocenters. The van der Waals surface area contributed by atoms with Crippen molar-refractivity contribution in [3.8, 4) is 0 Å². The molecule has 0 spiro atoms. The van der Waals surface area contributed by atoms with Gasteiger partial charge in [-0.15, -0.1) is 0 Å². The molecule has 39 heavy (non-hydrogen) atoms. The Morgan fingerprint density at radius 1 is 0.538 bits per heavy atom. The zero-order valence-electron chi connectivity index (χ0n) is 23.5. The molecule has 12 nitrogen and oxygen atoms in total. The number of rotatable bonds is 15. The molecule has 0 saturated carbocycles. The Balaban J connectivity index is 3.49. The lowest BCUT2D eigenvalue weighted by molar-refractivity contribution is -0.148. The van der Waals surface area contributed by atoms with Crippen LogP contribution in [0, 0.1) is 0 Å². The minimum Gasteiger partial charge on any atom is -0.480 e. The minimum atomic E-state index is -0.969. The van der Waals surface area contributed by atoms with Crippen molar-refractivity contribution in [3.05, 3.63) is 0 Å². The van der Waals surface area contributed by atoms with Gasteiger partial charge in [-0.1, -0.05) is 56.2 Å². The maximum absolute atomic E-state index is 12.2. The third kappa shape index (κ3) is 11.5. The van der Waals surface area contributed by atoms with E-state index in [9.17, 15) is 39.6 Å². The summed E-state index contributed by atoms with van der Waals surface area (Å²) in [4.78, 5) is 56.0. The average Bonchev–Trinajstić information content (AvgIpc) is 2.86. The second-order valence-corrected chi connectivity index (χ2v) is 11.1. The summed E-state index contributed by atoms with van der Waals surface area (Å²) in [6.07, 6.45) is 2.93. The third-order valence-electron chi connectivity index (χ3n) is 7.49. The van der Waals surface area contributed by atoms with E-state index < -0.39 is 48.0 Å². The van der Waals surface area contributed by atoms with E-state index in [0.717, 1.165) is 0 Å². The minimum absolute atomic E-state index is 0.299. The molecule has 0 bridgehead atoms. The lowest BCUT2D eigenvalue weighted by atomic mass is 10.1. The molecule has 1 rings (SSSR count). The van der Waals surface area contributed by atoms with Crippen LogP contribution < -0.4 is 0 Å². The van der Waals surface area contributed by atoms with Crippen molar-refractivity contribution in [2.24, 2.45) is 0 Å². The number of hydrogen-bond acceptors (Lipinski definition) is 8. The second kappa shape index (κ2) is 18.7. The van der Waals surface area contributed by atoms with Gasteiger partial charge in [0.05, 0.1) is 0 Å². The Hall–Kier alpha value is -1.55. The number of carbonyl (C=O) groups is 4. The summed E-state index contributed by atoms with van der Waals surface area (Å²) in [6.45, 7) is 8.02. The molecule has 0 aliphatic carbocycles. The molecule has 4 N–H and O–H groups in total. The average molecular weight is 671 g/mol. The highest BCUT2D eigenvalue weighted by molar-refractivity contribution is 14.1. The summed E-state index contributed by atoms with van der Waals surface area (Å²) >= 11 is 2.14. The normalized spacial score (nSPS) is 20.7. The van der Waals surface area contributed by atoms with Crippen LogP contribution >= 0.6 is 22.6 Å². The predicted octanol–water partition coefficient (Wildman–Crippen LogP) is 1.86. The first-order valence-corrected chi connectivity index (χ1v) is 15.5. The summed E-state index contributed by atoms with van der Waals surface area (Å²) < 4.78 is 0.627. The molecule has 0 amide bonds. The Kier molecular flexibility index (Phi) is 17.0. The number of alkyl halides is 1. The SMILES string of the molecule is CCC[C@@H](C(=O)O)N1CCN([C@@H](CC)C(=O)O)CCN([C@@H](CCC)C(=O)O)CCN([C@@H](CCI)C(=O)O)CC1. The van der Waals surface area contributed by atoms with Crippen LogP contribution in [-0.4, -0.2) is 145 Å². The van der Waals surface area contributed by atoms with Gasteiger partial charge in [-0.3, -0.25) is 38.8 Å². The Morgan fingerprint density at radius 2 is 0.795 bits per heavy atom. The molecule has 1 fully saturated rings. The number of hydrogen-bond donors (Lipinski definition) is 4. The highest BCUT2D eigenvalue weighted by atomic mass is 127. The summed E-state index contributed by atoms with van der Waals surface area (Å²) in [5.74, 6) is -3.83. The van der Waals surface area contributed by atoms with Gasteiger partial charge in [-0.2, -0.15) is 0 Å². The van der Waals surface area contributed by atoms with Gasteiger partial charge in [0.15, 0.2) is 0 Å². The van der Waals surface area contributed by atoms with Crippen molar-refractivity contribution in [1.29, 1.82) is 0 Å². The van der Waals surface area contributed by atoms with Crippen molar-refractivity contribution in [1.82, 2.24) is 19.6 Å². The molecule has 1 heterocycles. The molecule has 1 aliphatic rings. The number of aliphatic carboxylic acids is 4. The van der Waals surface area contributed by atoms with Crippen molar-refractivity contribution in [2.75, 3.05) is 56.8 Å². The molecular formula is C26H47IN4O8. The molecule has 1 saturated heterocycles. The number of carboxylic acid groups (broad SMARTS) is 4. The van der Waals surface area contributed by atoms with Gasteiger partial charge in [0.25, 0.3) is 0 Å². The molecule has 0 radical (unpaired) electrons. The van der Waals surface area contributed by atoms with Crippen LogP contribution in [0.25, 0.3) is 0 Å². The fraction of sp³-hybridized carbons (Fsp3) is 0.846. The zero-order chi connectivity index (χ0) is 29.5. The first-order chi connectivity index (χ1) is 18.5. The van der Waals surface area contributed by atoms with Crippen molar-refractivity contribution in [3.63, 3.8) is 0 Å². The molecule has 226 valence electrons. The van der Waals surface area contributed by atoms with E-state index >= 15 is 0 Å². The van der Waals surface area contributed by atoms with Gasteiger partial charge >= 0.3 is 23.9 Å². The van der Waals surface area contributed by atoms with Crippen LogP contribution in [0.15, 0.2) is 0 Å². The molecule has 0 aromatic carbocycles. The Morgan fingerprint density at radius 3 is 1.00 bits per heavy atom. The van der Waals surface area contributed by atoms with E-state index in [1.54, 1.807) is 6.92 Å². The van der Waals surface area contributed by atoms with Crippen LogP contribution in [0.1, 0.15) is 59.3 Å². The monoisotopic (exact) mass is 670 g/mol. The molecular weight excluding hydrogens is 623 g/mol. The zero-order valence-corrected chi connectivity index (χ0v) is 25.7. The summed E-state index contributed by atoms with van der Waals surface area (Å²) in [5.41, 5.74) is 0. The Bertz CT molecular complexity index is 749. The fourth-order valence-electron chi connectivity index (χ4n) is 5.35. The van der Waals surface area contributed by atoms with E-state index in [2.05, 4.69) is 22.6 Å². The maximum atomic E-state index is 12.2. The first-order valence-electron chi connectivity index (χ1n) is 13.9. The third-order valence-corrected chi connectivity index (χ3v) is 8.12. The van der Waals surface area contributed by atoms with E-state index in [-0.39, 0.29) is 0 Å². The highest BCUT2D eigenvalue weighted by Crippen LogP contribution is 2.16. The van der Waals surface area contributed by atoms with E-state index in [4.69, 9.17) is 0 Å². The number of carboxylic acids is 4. The number of halogens is 1. The van der Waals surface area contributed by atoms with E-state index in [1.165, 1.54) is 0 Å². The first kappa shape index (κ1) is 35.5. The largest absolute Gasteiger partial charge is 0.480 e. The van der Waals surface area contributed by atoms with Gasteiger partial charge < -0.3 is 20.4 Å². The molecule has 0 aromatic rings. The lowest BCUT2D eigenvalue weighted by Crippen LogP contribution is -2.56. The highest BCUT2D eigenvalue weighted by Gasteiger charge is 2.33. The van der Waals surface area contributed by atoms with Gasteiger partial charge in [0.1, 0.15) is 24.2 Å². The van der Waals surface area contributed by atoms with Crippen LogP contribution in [0.3, 0.4) is 0 Å². The van der Waals surface area contributed by atoms with Crippen LogP contribution in [0.4, 0.5) is 0 Å². The van der Waals surface area contributed by atoms with Gasteiger partial charge in [-0.25, -0.2) is 0 Å². The quantitative estimate of drug-likeness (QED) is 0.148. The summed E-state index contributed by atoms with van der Waals surface area (Å²) in [5, 5.41) is 39.8. The standard InChI is InChI=1S/C26H47IN4O8/c1-4-7-20(24(34)35)29-13-11-28(19(6-3)23(32)33)12-14-30(21(8-5-2)25(36)37)16-18-31(17-15-29)22(9-10-27)26(38)39/h19-22H,4-18H2,1-3H3,(H,32,33)(H,34,35)(H,36,37)(H,38,39)/t19-,20-,21-,22-/m0/s1. The molecule has 0 aromatic heterocycles. The van der Waals surface area contributed by atoms with Crippen molar-refractivity contribution < 1.29 is 39.6 Å². The predicted molar refractivity (Wildman–Crippen MR) is 156 cm³/mol. The van der Waals surface area contributed by atoms with Gasteiger partial charge in [0, 0.05) is 56.8 Å². The van der Waals surface area contributed by atoms with Gasteiger partial charge in [0.2, 0.25) is 0 Å². The van der Waals surface area contributed by atoms with Crippen molar-refractivity contribution >= 4 is 46.5 Å². The molecule has 0 unspecified atom stereocenters. The van der Waals surface area contributed by atoms with E-state index in [1.807, 2.05) is 33.4 Å². The van der Waals surface area contributed by atoms with Crippen LogP contribution in [0.5, 0.6) is 0 Å². The maximum Gasteiger partial charge on any atom is 0.320 e. The van der Waals surface area contributed by atoms with Gasteiger partial charge in [-0.05, 0) is 25.7 Å². The smallest absolute Gasteiger partial charge is 0.320 e. The van der Waals surface area contributed by atoms with Crippen molar-refractivity contribution in [2.45, 2.75) is 83.5 Å². The number of nitrogens with zero attached hydrogens (tertiary/aromatic N) is 4. The second-order valence-electron chi connectivity index (χ2n) is 10.0. The summed E-state index contributed by atoms with van der Waals surface area (Å²) in [7, 11) is 0.